The number of hydrogen-bond donors (Lipinski definition) is 1. The molecule has 0 saturated heterocycles. The van der Waals surface area contributed by atoms with Gasteiger partial charge in [-0.2, -0.15) is 0 Å². The van der Waals surface area contributed by atoms with Gasteiger partial charge in [-0.25, -0.2) is 4.39 Å². The van der Waals surface area contributed by atoms with Gasteiger partial charge in [-0.1, -0.05) is 34.1 Å². The number of nitrogens with two attached hydrogens (primary N) is 1. The normalized spacial score (nSPS) is 10.4. The lowest BCUT2D eigenvalue weighted by Crippen LogP contribution is -2.02. The highest BCUT2D eigenvalue weighted by atomic mass is 79.9. The van der Waals surface area contributed by atoms with E-state index in [1.54, 1.807) is 12.1 Å². The summed E-state index contributed by atoms with van der Waals surface area (Å²) >= 11 is 3.37. The second kappa shape index (κ2) is 5.40. The van der Waals surface area contributed by atoms with Crippen LogP contribution in [0.2, 0.25) is 0 Å². The summed E-state index contributed by atoms with van der Waals surface area (Å²) in [7, 11) is 0. The van der Waals surface area contributed by atoms with E-state index in [-0.39, 0.29) is 12.3 Å². The second-order valence-electron chi connectivity index (χ2n) is 4.02. The quantitative estimate of drug-likeness (QED) is 0.868. The van der Waals surface area contributed by atoms with Crippen LogP contribution in [0.5, 0.6) is 5.75 Å². The van der Waals surface area contributed by atoms with E-state index < -0.39 is 5.82 Å². The van der Waals surface area contributed by atoms with Crippen molar-refractivity contribution in [3.63, 3.8) is 0 Å². The van der Waals surface area contributed by atoms with E-state index in [1.807, 2.05) is 25.1 Å². The van der Waals surface area contributed by atoms with Gasteiger partial charge in [0.1, 0.15) is 12.4 Å². The summed E-state index contributed by atoms with van der Waals surface area (Å²) < 4.78 is 20.2. The van der Waals surface area contributed by atoms with Crippen molar-refractivity contribution < 1.29 is 9.13 Å². The van der Waals surface area contributed by atoms with Gasteiger partial charge in [0.25, 0.3) is 0 Å². The molecule has 0 fully saturated rings. The molecule has 0 spiro atoms. The molecule has 0 aromatic heterocycles. The fourth-order valence-corrected chi connectivity index (χ4v) is 1.94. The largest absolute Gasteiger partial charge is 0.488 e. The maximum Gasteiger partial charge on any atom is 0.152 e. The van der Waals surface area contributed by atoms with Crippen molar-refractivity contribution in [2.75, 3.05) is 5.73 Å². The first kappa shape index (κ1) is 12.9. The van der Waals surface area contributed by atoms with E-state index in [4.69, 9.17) is 10.5 Å². The zero-order chi connectivity index (χ0) is 13.1. The van der Waals surface area contributed by atoms with E-state index >= 15 is 0 Å². The van der Waals surface area contributed by atoms with Gasteiger partial charge in [-0.15, -0.1) is 0 Å². The maximum atomic E-state index is 13.7. The Hall–Kier alpha value is -1.55. The molecule has 0 radical (unpaired) electrons. The Labute approximate surface area is 114 Å². The molecule has 18 heavy (non-hydrogen) atoms. The Bertz CT molecular complexity index is 570. The van der Waals surface area contributed by atoms with E-state index in [0.717, 1.165) is 15.8 Å². The van der Waals surface area contributed by atoms with Crippen LogP contribution in [0.15, 0.2) is 40.9 Å². The Morgan fingerprint density at radius 1 is 1.28 bits per heavy atom. The standard InChI is InChI=1S/C14H13BrFNO/c1-9-5-6-11(15)7-13(9)18-8-10-3-2-4-12(17)14(10)16/h2-7H,8,17H2,1H3. The molecule has 2 nitrogen and oxygen atoms in total. The van der Waals surface area contributed by atoms with Crippen LogP contribution in [-0.2, 0) is 6.61 Å². The lowest BCUT2D eigenvalue weighted by molar-refractivity contribution is 0.298. The minimum Gasteiger partial charge on any atom is -0.488 e. The topological polar surface area (TPSA) is 35.2 Å². The summed E-state index contributed by atoms with van der Waals surface area (Å²) in [6, 6.07) is 10.6. The van der Waals surface area contributed by atoms with Crippen molar-refractivity contribution in [2.24, 2.45) is 0 Å². The summed E-state index contributed by atoms with van der Waals surface area (Å²) in [5.41, 5.74) is 7.10. The molecule has 0 unspecified atom stereocenters. The molecule has 0 aliphatic rings. The predicted molar refractivity (Wildman–Crippen MR) is 74.0 cm³/mol. The number of rotatable bonds is 3. The van der Waals surface area contributed by atoms with Gasteiger partial charge < -0.3 is 10.5 Å². The van der Waals surface area contributed by atoms with Gasteiger partial charge in [0.15, 0.2) is 5.82 Å². The van der Waals surface area contributed by atoms with Crippen molar-refractivity contribution in [1.82, 2.24) is 0 Å². The van der Waals surface area contributed by atoms with E-state index in [1.165, 1.54) is 6.07 Å². The lowest BCUT2D eigenvalue weighted by atomic mass is 10.2. The van der Waals surface area contributed by atoms with Crippen LogP contribution in [-0.4, -0.2) is 0 Å². The molecule has 2 N–H and O–H groups in total. The number of benzene rings is 2. The molecule has 0 aliphatic carbocycles. The average Bonchev–Trinajstić information content (AvgIpc) is 2.35. The second-order valence-corrected chi connectivity index (χ2v) is 4.93. The minimum absolute atomic E-state index is 0.141. The molecule has 0 heterocycles. The van der Waals surface area contributed by atoms with Crippen molar-refractivity contribution in [3.05, 3.63) is 57.8 Å². The molecule has 2 rings (SSSR count). The third-order valence-electron chi connectivity index (χ3n) is 2.64. The first-order valence-electron chi connectivity index (χ1n) is 5.50. The molecule has 94 valence electrons. The molecular formula is C14H13BrFNO. The number of nitrogen functional groups attached to an aromatic ring is 1. The van der Waals surface area contributed by atoms with Crippen LogP contribution in [0.1, 0.15) is 11.1 Å². The Balaban J connectivity index is 2.16. The highest BCUT2D eigenvalue weighted by Crippen LogP contribution is 2.24. The van der Waals surface area contributed by atoms with E-state index in [2.05, 4.69) is 15.9 Å². The number of aryl methyl sites for hydroxylation is 1. The lowest BCUT2D eigenvalue weighted by Gasteiger charge is -2.10. The third kappa shape index (κ3) is 2.82. The summed E-state index contributed by atoms with van der Waals surface area (Å²) in [4.78, 5) is 0. The van der Waals surface area contributed by atoms with E-state index in [0.29, 0.717) is 5.56 Å². The van der Waals surface area contributed by atoms with Crippen molar-refractivity contribution >= 4 is 21.6 Å². The molecule has 0 saturated carbocycles. The smallest absolute Gasteiger partial charge is 0.152 e. The van der Waals surface area contributed by atoms with Crippen LogP contribution in [0, 0.1) is 12.7 Å². The van der Waals surface area contributed by atoms with Crippen LogP contribution < -0.4 is 10.5 Å². The molecular weight excluding hydrogens is 297 g/mol. The maximum absolute atomic E-state index is 13.7. The van der Waals surface area contributed by atoms with Crippen LogP contribution in [0.25, 0.3) is 0 Å². The fourth-order valence-electron chi connectivity index (χ4n) is 1.60. The Morgan fingerprint density at radius 2 is 2.06 bits per heavy atom. The number of halogens is 2. The number of hydrogen-bond acceptors (Lipinski definition) is 2. The average molecular weight is 310 g/mol. The van der Waals surface area contributed by atoms with Crippen LogP contribution >= 0.6 is 15.9 Å². The van der Waals surface area contributed by atoms with Crippen molar-refractivity contribution in [3.8, 4) is 5.75 Å². The minimum atomic E-state index is -0.412. The fraction of sp³-hybridized carbons (Fsp3) is 0.143. The third-order valence-corrected chi connectivity index (χ3v) is 3.14. The summed E-state index contributed by atoms with van der Waals surface area (Å²) in [6.07, 6.45) is 0. The first-order chi connectivity index (χ1) is 8.58. The molecule has 0 aliphatic heterocycles. The molecule has 2 aromatic carbocycles. The zero-order valence-corrected chi connectivity index (χ0v) is 11.5. The van der Waals surface area contributed by atoms with Gasteiger partial charge in [-0.3, -0.25) is 0 Å². The molecule has 4 heteroatoms. The Morgan fingerprint density at radius 3 is 2.83 bits per heavy atom. The number of anilines is 1. The van der Waals surface area contributed by atoms with Crippen molar-refractivity contribution in [1.29, 1.82) is 0 Å². The first-order valence-corrected chi connectivity index (χ1v) is 6.29. The zero-order valence-electron chi connectivity index (χ0n) is 9.91. The molecule has 0 bridgehead atoms. The molecule has 0 amide bonds. The predicted octanol–water partition coefficient (Wildman–Crippen LogP) is 4.06. The van der Waals surface area contributed by atoms with E-state index in [9.17, 15) is 4.39 Å². The summed E-state index contributed by atoms with van der Waals surface area (Å²) in [5, 5.41) is 0. The van der Waals surface area contributed by atoms with Crippen LogP contribution in [0.4, 0.5) is 10.1 Å². The SMILES string of the molecule is Cc1ccc(Br)cc1OCc1cccc(N)c1F. The number of ether oxygens (including phenoxy) is 1. The summed E-state index contributed by atoms with van der Waals surface area (Å²) in [6.45, 7) is 2.10. The van der Waals surface area contributed by atoms with Gasteiger partial charge in [0.2, 0.25) is 0 Å². The highest BCUT2D eigenvalue weighted by Gasteiger charge is 2.07. The molecule has 0 atom stereocenters. The van der Waals surface area contributed by atoms with Gasteiger partial charge in [-0.05, 0) is 30.7 Å². The molecule has 2 aromatic rings. The van der Waals surface area contributed by atoms with Gasteiger partial charge >= 0.3 is 0 Å². The highest BCUT2D eigenvalue weighted by molar-refractivity contribution is 9.10. The van der Waals surface area contributed by atoms with Gasteiger partial charge in [0.05, 0.1) is 5.69 Å². The summed E-state index contributed by atoms with van der Waals surface area (Å²) in [5.74, 6) is 0.316. The Kier molecular flexibility index (Phi) is 3.87. The van der Waals surface area contributed by atoms with Crippen LogP contribution in [0.3, 0.4) is 0 Å². The van der Waals surface area contributed by atoms with Gasteiger partial charge in [0, 0.05) is 10.0 Å². The monoisotopic (exact) mass is 309 g/mol. The van der Waals surface area contributed by atoms with Crippen molar-refractivity contribution in [2.45, 2.75) is 13.5 Å².